The third kappa shape index (κ3) is 5.79. The first-order valence-corrected chi connectivity index (χ1v) is 12.6. The number of carbonyl (C=O) groups excluding carboxylic acids is 2. The van der Waals surface area contributed by atoms with Crippen molar-refractivity contribution in [2.75, 3.05) is 11.1 Å². The number of ether oxygens (including phenoxy) is 1. The molecule has 14 heteroatoms. The van der Waals surface area contributed by atoms with Crippen LogP contribution >= 0.6 is 11.6 Å². The van der Waals surface area contributed by atoms with E-state index in [2.05, 4.69) is 10.4 Å². The summed E-state index contributed by atoms with van der Waals surface area (Å²) in [7, 11) is 1.57. The van der Waals surface area contributed by atoms with E-state index in [4.69, 9.17) is 27.8 Å². The van der Waals surface area contributed by atoms with E-state index in [1.807, 2.05) is 0 Å². The van der Waals surface area contributed by atoms with Gasteiger partial charge < -0.3 is 21.5 Å². The Morgan fingerprint density at radius 2 is 1.65 bits per heavy atom. The van der Waals surface area contributed by atoms with Gasteiger partial charge in [-0.25, -0.2) is 8.78 Å². The maximum absolute atomic E-state index is 14.1. The number of benzene rings is 4. The first kappa shape index (κ1) is 29.3. The third-order valence-corrected chi connectivity index (χ3v) is 6.72. The molecule has 0 atom stereocenters. The highest BCUT2D eigenvalue weighted by Crippen LogP contribution is 2.46. The molecular formula is C29H19ClF5N5O3. The number of hydrogen-bond donors (Lipinski definition) is 3. The topological polar surface area (TPSA) is 125 Å². The van der Waals surface area contributed by atoms with Gasteiger partial charge in [0.25, 0.3) is 5.91 Å². The quantitative estimate of drug-likeness (QED) is 0.179. The molecule has 0 fully saturated rings. The molecule has 43 heavy (non-hydrogen) atoms. The predicted octanol–water partition coefficient (Wildman–Crippen LogP) is 6.92. The smallest absolute Gasteiger partial charge is 0.416 e. The molecule has 0 saturated heterocycles. The summed E-state index contributed by atoms with van der Waals surface area (Å²) >= 11 is 6.22. The summed E-state index contributed by atoms with van der Waals surface area (Å²) in [6, 6.07) is 12.1. The van der Waals surface area contributed by atoms with Gasteiger partial charge in [0.05, 0.1) is 27.2 Å². The minimum atomic E-state index is -4.92. The molecular weight excluding hydrogens is 597 g/mol. The predicted molar refractivity (Wildman–Crippen MR) is 150 cm³/mol. The number of aryl methyl sites for hydroxylation is 1. The number of alkyl halides is 3. The zero-order valence-corrected chi connectivity index (χ0v) is 22.6. The van der Waals surface area contributed by atoms with Crippen molar-refractivity contribution >= 4 is 45.8 Å². The maximum Gasteiger partial charge on any atom is 0.416 e. The fourth-order valence-corrected chi connectivity index (χ4v) is 4.62. The van der Waals surface area contributed by atoms with Gasteiger partial charge in [0.1, 0.15) is 17.4 Å². The fourth-order valence-electron chi connectivity index (χ4n) is 4.47. The Kier molecular flexibility index (Phi) is 7.44. The zero-order valence-electron chi connectivity index (χ0n) is 21.9. The lowest BCUT2D eigenvalue weighted by molar-refractivity contribution is -0.137. The number of nitrogens with zero attached hydrogens (tertiary/aromatic N) is 2. The Labute approximate surface area is 244 Å². The second-order valence-corrected chi connectivity index (χ2v) is 9.74. The van der Waals surface area contributed by atoms with Crippen LogP contribution in [0.25, 0.3) is 22.0 Å². The molecule has 5 N–H and O–H groups in total. The van der Waals surface area contributed by atoms with Crippen molar-refractivity contribution in [1.82, 2.24) is 9.78 Å². The minimum Gasteiger partial charge on any atom is -0.453 e. The average molecular weight is 616 g/mol. The van der Waals surface area contributed by atoms with Crippen LogP contribution in [0.5, 0.6) is 11.5 Å². The molecule has 0 aliphatic heterocycles. The number of halogens is 6. The van der Waals surface area contributed by atoms with Gasteiger partial charge in [0.15, 0.2) is 11.6 Å². The summed E-state index contributed by atoms with van der Waals surface area (Å²) in [5.74, 6) is -4.22. The van der Waals surface area contributed by atoms with Crippen LogP contribution in [0.4, 0.5) is 33.5 Å². The number of carbonyl (C=O) groups is 2. The average Bonchev–Trinajstić information content (AvgIpc) is 3.24. The van der Waals surface area contributed by atoms with E-state index in [0.29, 0.717) is 28.8 Å². The van der Waals surface area contributed by atoms with Crippen LogP contribution in [-0.2, 0) is 13.2 Å². The lowest BCUT2D eigenvalue weighted by Crippen LogP contribution is -2.15. The molecule has 0 radical (unpaired) electrons. The van der Waals surface area contributed by atoms with Crippen molar-refractivity contribution in [2.45, 2.75) is 6.18 Å². The van der Waals surface area contributed by atoms with Gasteiger partial charge in [-0.15, -0.1) is 0 Å². The van der Waals surface area contributed by atoms with Gasteiger partial charge in [0.2, 0.25) is 5.91 Å². The van der Waals surface area contributed by atoms with Crippen LogP contribution in [-0.4, -0.2) is 21.6 Å². The van der Waals surface area contributed by atoms with E-state index in [1.165, 1.54) is 28.9 Å². The van der Waals surface area contributed by atoms with E-state index < -0.39 is 40.8 Å². The number of fused-ring (bicyclic) bond motifs is 1. The van der Waals surface area contributed by atoms with E-state index >= 15 is 0 Å². The van der Waals surface area contributed by atoms with Gasteiger partial charge >= 0.3 is 6.18 Å². The molecule has 2 amide bonds. The molecule has 4 aromatic carbocycles. The first-order chi connectivity index (χ1) is 20.2. The molecule has 1 aromatic heterocycles. The first-order valence-electron chi connectivity index (χ1n) is 12.2. The van der Waals surface area contributed by atoms with Crippen LogP contribution < -0.4 is 21.5 Å². The van der Waals surface area contributed by atoms with Crippen LogP contribution in [0.15, 0.2) is 66.7 Å². The number of rotatable bonds is 6. The lowest BCUT2D eigenvalue weighted by Gasteiger charge is -2.18. The lowest BCUT2D eigenvalue weighted by atomic mass is 9.99. The van der Waals surface area contributed by atoms with Crippen LogP contribution in [0.3, 0.4) is 0 Å². The van der Waals surface area contributed by atoms with E-state index in [1.54, 1.807) is 19.2 Å². The van der Waals surface area contributed by atoms with Crippen LogP contribution in [0.1, 0.15) is 26.3 Å². The number of nitrogens with one attached hydrogen (secondary N) is 1. The molecule has 0 aliphatic rings. The van der Waals surface area contributed by atoms with Gasteiger partial charge in [-0.3, -0.25) is 14.3 Å². The van der Waals surface area contributed by atoms with Crippen molar-refractivity contribution in [3.63, 3.8) is 0 Å². The zero-order chi connectivity index (χ0) is 31.2. The molecule has 5 aromatic rings. The normalized spacial score (nSPS) is 11.5. The molecule has 0 unspecified atom stereocenters. The summed E-state index contributed by atoms with van der Waals surface area (Å²) < 4.78 is 75.7. The Balaban J connectivity index is 1.74. The molecule has 5 rings (SSSR count). The van der Waals surface area contributed by atoms with E-state index in [0.717, 1.165) is 12.1 Å². The fraction of sp³-hybridized carbons (Fsp3) is 0.0690. The van der Waals surface area contributed by atoms with Gasteiger partial charge in [-0.1, -0.05) is 23.7 Å². The molecule has 1 heterocycles. The van der Waals surface area contributed by atoms with Crippen molar-refractivity contribution in [1.29, 1.82) is 0 Å². The van der Waals surface area contributed by atoms with Crippen LogP contribution in [0.2, 0.25) is 5.02 Å². The SMILES string of the molecule is Cn1nc(N)c2c(Oc3cc(F)ccc3Cl)c(NC(=O)c3cc(F)cc(C(F)(F)F)c3)cc(-c3ccc(C(N)=O)cc3)c21. The van der Waals surface area contributed by atoms with Gasteiger partial charge in [0, 0.05) is 29.8 Å². The number of hydrogen-bond acceptors (Lipinski definition) is 5. The summed E-state index contributed by atoms with van der Waals surface area (Å²) in [6.07, 6.45) is -4.92. The second-order valence-electron chi connectivity index (χ2n) is 9.33. The number of primary amides is 1. The van der Waals surface area contributed by atoms with Crippen molar-refractivity contribution < 1.29 is 36.3 Å². The molecule has 8 nitrogen and oxygen atoms in total. The monoisotopic (exact) mass is 615 g/mol. The number of amides is 2. The van der Waals surface area contributed by atoms with Gasteiger partial charge in [-0.2, -0.15) is 18.3 Å². The highest BCUT2D eigenvalue weighted by atomic mass is 35.5. The highest BCUT2D eigenvalue weighted by molar-refractivity contribution is 6.32. The van der Waals surface area contributed by atoms with Crippen molar-refractivity contribution in [2.24, 2.45) is 12.8 Å². The number of aromatic nitrogens is 2. The van der Waals surface area contributed by atoms with Gasteiger partial charge in [-0.05, 0) is 54.1 Å². The van der Waals surface area contributed by atoms with E-state index in [9.17, 15) is 31.5 Å². The molecule has 0 aliphatic carbocycles. The number of anilines is 2. The van der Waals surface area contributed by atoms with Crippen molar-refractivity contribution in [3.8, 4) is 22.6 Å². The Bertz CT molecular complexity index is 1920. The van der Waals surface area contributed by atoms with Crippen molar-refractivity contribution in [3.05, 3.63) is 100 Å². The maximum atomic E-state index is 14.1. The Hall–Kier alpha value is -5.17. The molecule has 0 saturated carbocycles. The third-order valence-electron chi connectivity index (χ3n) is 6.41. The Morgan fingerprint density at radius 3 is 2.30 bits per heavy atom. The summed E-state index contributed by atoms with van der Waals surface area (Å²) in [6.45, 7) is 0. The molecule has 220 valence electrons. The standard InChI is InChI=1S/C29H19ClF5N5O3/c1-40-24-19(13-2-4-14(5-3-13)27(37)41)12-21(38-28(42)15-8-16(29(33,34)35)10-18(32)9-15)25(23(24)26(36)39-40)43-22-11-17(31)6-7-20(22)30/h2-12H,1H3,(H2,36,39)(H2,37,41)(H,38,42). The van der Waals surface area contributed by atoms with Crippen LogP contribution in [0, 0.1) is 11.6 Å². The molecule has 0 bridgehead atoms. The van der Waals surface area contributed by atoms with E-state index in [-0.39, 0.29) is 45.0 Å². The largest absolute Gasteiger partial charge is 0.453 e. The number of nitrogens with two attached hydrogens (primary N) is 2. The highest BCUT2D eigenvalue weighted by Gasteiger charge is 2.32. The molecule has 0 spiro atoms. The summed E-state index contributed by atoms with van der Waals surface area (Å²) in [5, 5.41) is 6.81. The summed E-state index contributed by atoms with van der Waals surface area (Å²) in [5.41, 5.74) is 10.9. The number of nitrogen functional groups attached to an aromatic ring is 1. The minimum absolute atomic E-state index is 0.0136. The Morgan fingerprint density at radius 1 is 0.953 bits per heavy atom. The second kappa shape index (κ2) is 10.9. The summed E-state index contributed by atoms with van der Waals surface area (Å²) in [4.78, 5) is 24.9.